The first-order valence-electron chi connectivity index (χ1n) is 6.46. The molecule has 7 heteroatoms. The normalized spacial score (nSPS) is 22.7. The molecule has 1 fully saturated rings. The van der Waals surface area contributed by atoms with Crippen molar-refractivity contribution < 1.29 is 19.5 Å². The molecule has 0 aromatic carbocycles. The topological polar surface area (TPSA) is 98.7 Å². The molecule has 3 N–H and O–H groups in total. The summed E-state index contributed by atoms with van der Waals surface area (Å²) in [5, 5.41) is 13.1. The summed E-state index contributed by atoms with van der Waals surface area (Å²) in [6.07, 6.45) is 3.02. The van der Waals surface area contributed by atoms with Gasteiger partial charge in [-0.3, -0.25) is 9.59 Å². The Labute approximate surface area is 112 Å². The van der Waals surface area contributed by atoms with Crippen LogP contribution in [0.1, 0.15) is 33.1 Å². The van der Waals surface area contributed by atoms with Gasteiger partial charge in [0, 0.05) is 12.1 Å². The predicted molar refractivity (Wildman–Crippen MR) is 68.7 cm³/mol. The number of carboxylic acids is 1. The summed E-state index contributed by atoms with van der Waals surface area (Å²) >= 11 is 0. The molecule has 1 rings (SSSR count). The number of hydrogen-bond acceptors (Lipinski definition) is 3. The molecule has 0 saturated carbocycles. The Bertz CT molecular complexity index is 349. The van der Waals surface area contributed by atoms with Gasteiger partial charge in [0.1, 0.15) is 6.54 Å². The highest BCUT2D eigenvalue weighted by Crippen LogP contribution is 2.22. The van der Waals surface area contributed by atoms with Crippen LogP contribution in [0, 0.1) is 0 Å². The third-order valence-electron chi connectivity index (χ3n) is 3.26. The van der Waals surface area contributed by atoms with Crippen LogP contribution in [0.2, 0.25) is 0 Å². The fourth-order valence-corrected chi connectivity index (χ4v) is 2.31. The van der Waals surface area contributed by atoms with Crippen LogP contribution in [0.15, 0.2) is 0 Å². The third-order valence-corrected chi connectivity index (χ3v) is 3.26. The maximum atomic E-state index is 12.0. The number of hydrogen-bond donors (Lipinski definition) is 3. The van der Waals surface area contributed by atoms with Gasteiger partial charge in [0.25, 0.3) is 0 Å². The summed E-state index contributed by atoms with van der Waals surface area (Å²) in [4.78, 5) is 35.3. The smallest absolute Gasteiger partial charge is 0.322 e. The van der Waals surface area contributed by atoms with E-state index in [-0.39, 0.29) is 24.7 Å². The SMILES string of the molecule is CC1CCCC(C)N1C(=O)NCC(=O)NCC(=O)O. The second kappa shape index (κ2) is 6.96. The standard InChI is InChI=1S/C12H21N3O4/c1-8-4-3-5-9(2)15(8)12(19)14-6-10(16)13-7-11(17)18/h8-9H,3-7H2,1-2H3,(H,13,16)(H,14,19)(H,17,18). The zero-order chi connectivity index (χ0) is 14.4. The van der Waals surface area contributed by atoms with E-state index in [1.165, 1.54) is 0 Å². The van der Waals surface area contributed by atoms with E-state index in [2.05, 4.69) is 10.6 Å². The van der Waals surface area contributed by atoms with Gasteiger partial charge < -0.3 is 20.6 Å². The molecule has 0 aromatic rings. The van der Waals surface area contributed by atoms with Crippen molar-refractivity contribution in [2.75, 3.05) is 13.1 Å². The number of carboxylic acid groups (broad SMARTS) is 1. The second-order valence-corrected chi connectivity index (χ2v) is 4.87. The molecule has 0 bridgehead atoms. The quantitative estimate of drug-likeness (QED) is 0.678. The summed E-state index contributed by atoms with van der Waals surface area (Å²) in [7, 11) is 0. The van der Waals surface area contributed by atoms with Gasteiger partial charge >= 0.3 is 12.0 Å². The Balaban J connectivity index is 2.37. The van der Waals surface area contributed by atoms with Crippen LogP contribution in [-0.4, -0.2) is 53.1 Å². The highest BCUT2D eigenvalue weighted by atomic mass is 16.4. The molecule has 1 saturated heterocycles. The number of aliphatic carboxylic acids is 1. The molecule has 7 nitrogen and oxygen atoms in total. The highest BCUT2D eigenvalue weighted by molar-refractivity contribution is 5.86. The van der Waals surface area contributed by atoms with E-state index in [4.69, 9.17) is 5.11 Å². The number of nitrogens with zero attached hydrogens (tertiary/aromatic N) is 1. The van der Waals surface area contributed by atoms with Crippen LogP contribution < -0.4 is 10.6 Å². The number of piperidine rings is 1. The molecule has 3 amide bonds. The van der Waals surface area contributed by atoms with Crippen molar-refractivity contribution in [2.24, 2.45) is 0 Å². The minimum Gasteiger partial charge on any atom is -0.480 e. The van der Waals surface area contributed by atoms with Gasteiger partial charge in [0.05, 0.1) is 6.54 Å². The minimum atomic E-state index is -1.11. The molecule has 0 aliphatic carbocycles. The van der Waals surface area contributed by atoms with Gasteiger partial charge in [-0.25, -0.2) is 4.79 Å². The third kappa shape index (κ3) is 4.76. The Morgan fingerprint density at radius 2 is 1.68 bits per heavy atom. The van der Waals surface area contributed by atoms with E-state index >= 15 is 0 Å². The lowest BCUT2D eigenvalue weighted by molar-refractivity contribution is -0.137. The van der Waals surface area contributed by atoms with Gasteiger partial charge in [0.15, 0.2) is 0 Å². The fourth-order valence-electron chi connectivity index (χ4n) is 2.31. The summed E-state index contributed by atoms with van der Waals surface area (Å²) in [6, 6.07) is 0.0434. The average molecular weight is 271 g/mol. The number of amides is 3. The minimum absolute atomic E-state index is 0.158. The van der Waals surface area contributed by atoms with Crippen LogP contribution in [0.5, 0.6) is 0 Å². The molecule has 0 spiro atoms. The summed E-state index contributed by atoms with van der Waals surface area (Å²) in [5.41, 5.74) is 0. The van der Waals surface area contributed by atoms with Crippen LogP contribution in [-0.2, 0) is 9.59 Å². The summed E-state index contributed by atoms with van der Waals surface area (Å²) in [5.74, 6) is -1.62. The van der Waals surface area contributed by atoms with Gasteiger partial charge in [-0.1, -0.05) is 0 Å². The molecule has 2 atom stereocenters. The number of urea groups is 1. The Morgan fingerprint density at radius 1 is 1.11 bits per heavy atom. The van der Waals surface area contributed by atoms with Gasteiger partial charge in [-0.15, -0.1) is 0 Å². The van der Waals surface area contributed by atoms with Crippen molar-refractivity contribution in [1.82, 2.24) is 15.5 Å². The molecule has 0 radical (unpaired) electrons. The van der Waals surface area contributed by atoms with Crippen LogP contribution in [0.25, 0.3) is 0 Å². The Kier molecular flexibility index (Phi) is 5.59. The van der Waals surface area contributed by atoms with Gasteiger partial charge in [0.2, 0.25) is 5.91 Å². The van der Waals surface area contributed by atoms with Crippen molar-refractivity contribution in [2.45, 2.75) is 45.2 Å². The lowest BCUT2D eigenvalue weighted by Gasteiger charge is -2.38. The van der Waals surface area contributed by atoms with Crippen molar-refractivity contribution in [1.29, 1.82) is 0 Å². The molecule has 0 aromatic heterocycles. The van der Waals surface area contributed by atoms with E-state index in [1.54, 1.807) is 4.90 Å². The summed E-state index contributed by atoms with van der Waals surface area (Å²) < 4.78 is 0. The highest BCUT2D eigenvalue weighted by Gasteiger charge is 2.28. The van der Waals surface area contributed by atoms with Crippen molar-refractivity contribution in [3.63, 3.8) is 0 Å². The monoisotopic (exact) mass is 271 g/mol. The van der Waals surface area contributed by atoms with Gasteiger partial charge in [-0.2, -0.15) is 0 Å². The molecular formula is C12H21N3O4. The number of rotatable bonds is 4. The Hall–Kier alpha value is -1.79. The predicted octanol–water partition coefficient (Wildman–Crippen LogP) is 0.160. The second-order valence-electron chi connectivity index (χ2n) is 4.87. The van der Waals surface area contributed by atoms with Crippen LogP contribution in [0.4, 0.5) is 4.79 Å². The molecule has 2 unspecified atom stereocenters. The van der Waals surface area contributed by atoms with Crippen LogP contribution >= 0.6 is 0 Å². The van der Waals surface area contributed by atoms with E-state index in [1.807, 2.05) is 13.8 Å². The van der Waals surface area contributed by atoms with E-state index in [9.17, 15) is 14.4 Å². The summed E-state index contributed by atoms with van der Waals surface area (Å²) in [6.45, 7) is 3.33. The van der Waals surface area contributed by atoms with Crippen LogP contribution in [0.3, 0.4) is 0 Å². The van der Waals surface area contributed by atoms with Crippen molar-refractivity contribution in [3.8, 4) is 0 Å². The number of carbonyl (C=O) groups excluding carboxylic acids is 2. The molecule has 1 aliphatic heterocycles. The first-order chi connectivity index (χ1) is 8.91. The van der Waals surface area contributed by atoms with E-state index in [0.717, 1.165) is 19.3 Å². The van der Waals surface area contributed by atoms with Gasteiger partial charge in [-0.05, 0) is 33.1 Å². The average Bonchev–Trinajstić information content (AvgIpc) is 2.33. The zero-order valence-electron chi connectivity index (χ0n) is 11.3. The fraction of sp³-hybridized carbons (Fsp3) is 0.750. The number of likely N-dealkylation sites (tertiary alicyclic amines) is 1. The maximum absolute atomic E-state index is 12.0. The number of nitrogens with one attached hydrogen (secondary N) is 2. The largest absolute Gasteiger partial charge is 0.480 e. The zero-order valence-corrected chi connectivity index (χ0v) is 11.3. The molecule has 19 heavy (non-hydrogen) atoms. The molecule has 108 valence electrons. The first-order valence-corrected chi connectivity index (χ1v) is 6.46. The first kappa shape index (κ1) is 15.3. The van der Waals surface area contributed by atoms with Crippen molar-refractivity contribution >= 4 is 17.9 Å². The van der Waals surface area contributed by atoms with Crippen molar-refractivity contribution in [3.05, 3.63) is 0 Å². The molecule has 1 heterocycles. The molecular weight excluding hydrogens is 250 g/mol. The van der Waals surface area contributed by atoms with E-state index in [0.29, 0.717) is 0 Å². The maximum Gasteiger partial charge on any atom is 0.322 e. The Morgan fingerprint density at radius 3 is 2.21 bits per heavy atom. The molecule has 1 aliphatic rings. The lowest BCUT2D eigenvalue weighted by atomic mass is 9.98. The number of carbonyl (C=O) groups is 3. The van der Waals surface area contributed by atoms with E-state index < -0.39 is 18.4 Å². The lowest BCUT2D eigenvalue weighted by Crippen LogP contribution is -2.53.